The molecule has 0 aliphatic heterocycles. The van der Waals surface area contributed by atoms with Gasteiger partial charge in [-0.2, -0.15) is 0 Å². The Morgan fingerprint density at radius 3 is 1.81 bits per heavy atom. The Kier molecular flexibility index (Phi) is 6.87. The SMILES string of the molecule is CO/C(C)=C(\C(C)=O)c1ccc2ccc(N(c3ccccc3)c3ccc(-c4ccccc4)cc3)cc2c1. The highest BCUT2D eigenvalue weighted by Crippen LogP contribution is 2.37. The van der Waals surface area contributed by atoms with Gasteiger partial charge in [0.05, 0.1) is 12.7 Å². The number of nitrogens with zero attached hydrogens (tertiary/aromatic N) is 1. The lowest BCUT2D eigenvalue weighted by atomic mass is 9.97. The minimum absolute atomic E-state index is 0.0146. The van der Waals surface area contributed by atoms with Crippen molar-refractivity contribution in [1.29, 1.82) is 0 Å². The molecule has 0 radical (unpaired) electrons. The molecule has 0 bridgehead atoms. The van der Waals surface area contributed by atoms with Crippen molar-refractivity contribution in [2.75, 3.05) is 12.0 Å². The number of ketones is 1. The van der Waals surface area contributed by atoms with Crippen molar-refractivity contribution >= 4 is 39.2 Å². The first-order chi connectivity index (χ1) is 18.0. The number of Topliss-reactive ketones (excluding diaryl/α,β-unsaturated/α-hetero) is 1. The van der Waals surface area contributed by atoms with Crippen LogP contribution >= 0.6 is 0 Å². The number of para-hydroxylation sites is 1. The summed E-state index contributed by atoms with van der Waals surface area (Å²) >= 11 is 0. The standard InChI is InChI=1S/C34H29NO2/c1-24(36)34(25(2)37-3)29-15-14-28-18-21-33(23-30(28)22-29)35(31-12-8-5-9-13-31)32-19-16-27(17-20-32)26-10-6-4-7-11-26/h4-23H,1-3H3/b34-25+. The molecule has 3 nitrogen and oxygen atoms in total. The predicted octanol–water partition coefficient (Wildman–Crippen LogP) is 8.94. The molecule has 0 spiro atoms. The first-order valence-corrected chi connectivity index (χ1v) is 12.4. The van der Waals surface area contributed by atoms with Crippen LogP contribution in [0.1, 0.15) is 19.4 Å². The summed E-state index contributed by atoms with van der Waals surface area (Å²) in [4.78, 5) is 14.7. The van der Waals surface area contributed by atoms with E-state index < -0.39 is 0 Å². The highest BCUT2D eigenvalue weighted by molar-refractivity contribution is 6.20. The van der Waals surface area contributed by atoms with Gasteiger partial charge >= 0.3 is 0 Å². The van der Waals surface area contributed by atoms with Gasteiger partial charge in [-0.05, 0) is 83.8 Å². The van der Waals surface area contributed by atoms with Crippen LogP contribution in [0, 0.1) is 0 Å². The molecule has 5 rings (SSSR count). The Morgan fingerprint density at radius 1 is 0.595 bits per heavy atom. The Labute approximate surface area is 218 Å². The highest BCUT2D eigenvalue weighted by Gasteiger charge is 2.15. The van der Waals surface area contributed by atoms with Gasteiger partial charge in [-0.3, -0.25) is 4.79 Å². The number of rotatable bonds is 7. The van der Waals surface area contributed by atoms with Crippen LogP contribution < -0.4 is 4.90 Å². The molecule has 37 heavy (non-hydrogen) atoms. The third kappa shape index (κ3) is 5.03. The number of carbonyl (C=O) groups excluding carboxylic acids is 1. The summed E-state index contributed by atoms with van der Waals surface area (Å²) in [5.74, 6) is 0.603. The molecule has 182 valence electrons. The molecule has 0 aliphatic carbocycles. The van der Waals surface area contributed by atoms with Crippen LogP contribution in [0.4, 0.5) is 17.1 Å². The molecule has 0 N–H and O–H groups in total. The molecule has 0 heterocycles. The molecule has 0 aromatic heterocycles. The molecule has 0 saturated carbocycles. The molecule has 0 aliphatic rings. The van der Waals surface area contributed by atoms with Crippen LogP contribution in [0.3, 0.4) is 0 Å². The van der Waals surface area contributed by atoms with Gasteiger partial charge < -0.3 is 9.64 Å². The Bertz CT molecular complexity index is 1570. The number of benzene rings is 5. The topological polar surface area (TPSA) is 29.5 Å². The number of hydrogen-bond donors (Lipinski definition) is 0. The van der Waals surface area contributed by atoms with Gasteiger partial charge in [0.15, 0.2) is 5.78 Å². The summed E-state index contributed by atoms with van der Waals surface area (Å²) in [5, 5.41) is 2.16. The minimum Gasteiger partial charge on any atom is -0.501 e. The van der Waals surface area contributed by atoms with Crippen molar-refractivity contribution in [3.63, 3.8) is 0 Å². The molecule has 0 atom stereocenters. The van der Waals surface area contributed by atoms with Crippen molar-refractivity contribution in [3.8, 4) is 11.1 Å². The average Bonchev–Trinajstić information content (AvgIpc) is 2.94. The van der Waals surface area contributed by atoms with Gasteiger partial charge in [-0.15, -0.1) is 0 Å². The summed E-state index contributed by atoms with van der Waals surface area (Å²) in [6.07, 6.45) is 0. The van der Waals surface area contributed by atoms with Crippen LogP contribution in [-0.2, 0) is 9.53 Å². The van der Waals surface area contributed by atoms with Crippen molar-refractivity contribution in [2.24, 2.45) is 0 Å². The average molecular weight is 484 g/mol. The van der Waals surface area contributed by atoms with E-state index in [9.17, 15) is 4.79 Å². The van der Waals surface area contributed by atoms with Crippen molar-refractivity contribution in [3.05, 3.63) is 133 Å². The molecular formula is C34H29NO2. The van der Waals surface area contributed by atoms with E-state index in [0.29, 0.717) is 11.3 Å². The first kappa shape index (κ1) is 24.1. The van der Waals surface area contributed by atoms with E-state index in [4.69, 9.17) is 4.74 Å². The van der Waals surface area contributed by atoms with E-state index in [1.807, 2.05) is 25.1 Å². The Morgan fingerprint density at radius 2 is 1.16 bits per heavy atom. The van der Waals surface area contributed by atoms with Gasteiger partial charge in [-0.1, -0.05) is 78.9 Å². The summed E-state index contributed by atoms with van der Waals surface area (Å²) in [7, 11) is 1.60. The first-order valence-electron chi connectivity index (χ1n) is 12.4. The van der Waals surface area contributed by atoms with E-state index in [1.165, 1.54) is 11.1 Å². The number of carbonyl (C=O) groups is 1. The summed E-state index contributed by atoms with van der Waals surface area (Å²) < 4.78 is 5.41. The second-order valence-corrected chi connectivity index (χ2v) is 9.02. The van der Waals surface area contributed by atoms with E-state index >= 15 is 0 Å². The lowest BCUT2D eigenvalue weighted by Crippen LogP contribution is -2.09. The molecule has 5 aromatic rings. The molecule has 0 unspecified atom stereocenters. The third-order valence-electron chi connectivity index (χ3n) is 6.63. The smallest absolute Gasteiger partial charge is 0.163 e. The monoisotopic (exact) mass is 483 g/mol. The number of allylic oxidation sites excluding steroid dienone is 2. The fraction of sp³-hybridized carbons (Fsp3) is 0.0882. The van der Waals surface area contributed by atoms with E-state index in [-0.39, 0.29) is 5.78 Å². The zero-order valence-corrected chi connectivity index (χ0v) is 21.3. The maximum Gasteiger partial charge on any atom is 0.163 e. The lowest BCUT2D eigenvalue weighted by molar-refractivity contribution is -0.111. The zero-order chi connectivity index (χ0) is 25.8. The number of methoxy groups -OCH3 is 1. The molecule has 0 saturated heterocycles. The van der Waals surface area contributed by atoms with Gasteiger partial charge in [0.1, 0.15) is 5.76 Å². The molecule has 5 aromatic carbocycles. The van der Waals surface area contributed by atoms with Gasteiger partial charge in [0.25, 0.3) is 0 Å². The normalized spacial score (nSPS) is 11.6. The molecule has 0 amide bonds. The van der Waals surface area contributed by atoms with E-state index in [2.05, 4.69) is 108 Å². The number of fused-ring (bicyclic) bond motifs is 1. The molecule has 3 heteroatoms. The van der Waals surface area contributed by atoms with E-state index in [1.54, 1.807) is 14.0 Å². The minimum atomic E-state index is -0.0146. The van der Waals surface area contributed by atoms with Crippen LogP contribution in [0.2, 0.25) is 0 Å². The predicted molar refractivity (Wildman–Crippen MR) is 154 cm³/mol. The van der Waals surface area contributed by atoms with E-state index in [0.717, 1.165) is 33.4 Å². The van der Waals surface area contributed by atoms with Crippen molar-refractivity contribution < 1.29 is 9.53 Å². The third-order valence-corrected chi connectivity index (χ3v) is 6.63. The number of anilines is 3. The summed E-state index contributed by atoms with van der Waals surface area (Å²) in [6, 6.07) is 42.0. The largest absolute Gasteiger partial charge is 0.501 e. The Balaban J connectivity index is 1.61. The van der Waals surface area contributed by atoms with Crippen LogP contribution in [0.5, 0.6) is 0 Å². The van der Waals surface area contributed by atoms with Crippen molar-refractivity contribution in [2.45, 2.75) is 13.8 Å². The second-order valence-electron chi connectivity index (χ2n) is 9.02. The quantitative estimate of drug-likeness (QED) is 0.171. The van der Waals surface area contributed by atoms with Crippen LogP contribution in [-0.4, -0.2) is 12.9 Å². The van der Waals surface area contributed by atoms with Gasteiger partial charge in [0, 0.05) is 17.1 Å². The lowest BCUT2D eigenvalue weighted by Gasteiger charge is -2.26. The number of hydrogen-bond acceptors (Lipinski definition) is 3. The van der Waals surface area contributed by atoms with Crippen LogP contribution in [0.25, 0.3) is 27.5 Å². The summed E-state index contributed by atoms with van der Waals surface area (Å²) in [6.45, 7) is 3.41. The Hall–Kier alpha value is -4.63. The fourth-order valence-corrected chi connectivity index (χ4v) is 4.74. The second kappa shape index (κ2) is 10.5. The maximum absolute atomic E-state index is 12.4. The van der Waals surface area contributed by atoms with Gasteiger partial charge in [-0.25, -0.2) is 0 Å². The number of ether oxygens (including phenoxy) is 1. The molecule has 0 fully saturated rings. The van der Waals surface area contributed by atoms with Crippen LogP contribution in [0.15, 0.2) is 127 Å². The fourth-order valence-electron chi connectivity index (χ4n) is 4.74. The summed E-state index contributed by atoms with van der Waals surface area (Å²) in [5.41, 5.74) is 7.02. The zero-order valence-electron chi connectivity index (χ0n) is 21.3. The van der Waals surface area contributed by atoms with Gasteiger partial charge in [0.2, 0.25) is 0 Å². The maximum atomic E-state index is 12.4. The van der Waals surface area contributed by atoms with Crippen molar-refractivity contribution in [1.82, 2.24) is 0 Å². The highest BCUT2D eigenvalue weighted by atomic mass is 16.5. The molecular weight excluding hydrogens is 454 g/mol.